The Balaban J connectivity index is 0.000000226. The first-order chi connectivity index (χ1) is 49.4. The molecule has 1 N–H and O–H groups in total. The molecule has 0 aliphatic carbocycles. The van der Waals surface area contributed by atoms with E-state index in [2.05, 4.69) is 86.4 Å². The molecule has 0 fully saturated rings. The molecular formula is C87H87IrN8O5Re-3. The van der Waals surface area contributed by atoms with E-state index in [-0.39, 0.29) is 45.9 Å². The number of para-hydroxylation sites is 1. The molecule has 8 aromatic heterocycles. The van der Waals surface area contributed by atoms with Crippen LogP contribution < -0.4 is 18.9 Å². The second-order valence-corrected chi connectivity index (χ2v) is 25.3. The number of aromatic nitrogens is 8. The molecule has 15 heteroatoms. The Hall–Kier alpha value is -9.61. The standard InChI is InChI=1S/C47H50N5O4.C34H31N3.C6H6O.Ir.Re/c1-3-7-15-30-55-46-33-47(39(41-19-10-12-27-49-41)32-38(46)40-18-9-11-26-48-40)56-31-16-8-4-2-6-14-29-54-37-23-25-43(51-35-37)45-21-17-20-44(52-45)42-24-22-36(34-50-42)53-28-13-5-1;1-34(21-10-16-31-15-8-9-22-35-31,23-27-17-19-32(36-25-27)29-11-4-2-5-12-29)24-28-18-20-33(37-26-28)30-13-6-3-7-14-30;7-6-4-2-1-3-5-6;;/h9-12,17-27,33-35H,1-8,13-16,28-31H2;2-9,11,13,15,17-20,22,25-26H,10,16,21,23-24H2,1H3;1-5,7H;;/q-1;-2;;;. The molecule has 0 saturated heterocycles. The third kappa shape index (κ3) is 24.6. The van der Waals surface area contributed by atoms with Crippen LogP contribution in [0.4, 0.5) is 0 Å². The fourth-order valence-electron chi connectivity index (χ4n) is 12.0. The number of pyridine rings is 8. The molecule has 0 atom stereocenters. The number of aromatic hydroxyl groups is 1. The molecule has 12 aromatic rings. The Morgan fingerprint density at radius 2 is 0.824 bits per heavy atom. The number of nitrogens with zero attached hydrogens (tertiary/aromatic N) is 8. The van der Waals surface area contributed by atoms with Crippen LogP contribution in [0.15, 0.2) is 250 Å². The molecule has 0 amide bonds. The van der Waals surface area contributed by atoms with Gasteiger partial charge in [-0.2, -0.15) is 0 Å². The molecule has 0 spiro atoms. The van der Waals surface area contributed by atoms with Gasteiger partial charge in [-0.3, -0.25) is 24.9 Å². The summed E-state index contributed by atoms with van der Waals surface area (Å²) in [6.07, 6.45) is 31.0. The van der Waals surface area contributed by atoms with Crippen LogP contribution in [-0.4, -0.2) is 71.4 Å². The summed E-state index contributed by atoms with van der Waals surface area (Å²) in [4.78, 5) is 37.4. The third-order valence-electron chi connectivity index (χ3n) is 17.3. The van der Waals surface area contributed by atoms with Gasteiger partial charge in [0.1, 0.15) is 17.2 Å². The molecule has 2 radical (unpaired) electrons. The van der Waals surface area contributed by atoms with Crippen molar-refractivity contribution < 1.29 is 64.6 Å². The number of hydrogen-bond acceptors (Lipinski definition) is 13. The van der Waals surface area contributed by atoms with Gasteiger partial charge in [0.25, 0.3) is 0 Å². The Kier molecular flexibility index (Phi) is 31.5. The third-order valence-corrected chi connectivity index (χ3v) is 17.3. The van der Waals surface area contributed by atoms with Crippen LogP contribution in [0.2, 0.25) is 0 Å². The molecule has 4 aromatic carbocycles. The van der Waals surface area contributed by atoms with Gasteiger partial charge in [0, 0.05) is 88.6 Å². The van der Waals surface area contributed by atoms with Crippen LogP contribution in [0.3, 0.4) is 0 Å². The van der Waals surface area contributed by atoms with Crippen molar-refractivity contribution in [2.24, 2.45) is 5.41 Å². The van der Waals surface area contributed by atoms with Crippen molar-refractivity contribution in [3.05, 3.63) is 285 Å². The minimum Gasteiger partial charge on any atom is -0.528 e. The maximum absolute atomic E-state index is 8.63. The molecule has 13 nitrogen and oxygen atoms in total. The van der Waals surface area contributed by atoms with E-state index in [1.165, 1.54) is 11.1 Å². The summed E-state index contributed by atoms with van der Waals surface area (Å²) in [5.41, 5.74) is 14.1. The van der Waals surface area contributed by atoms with Gasteiger partial charge in [0.2, 0.25) is 0 Å². The molecule has 524 valence electrons. The van der Waals surface area contributed by atoms with Crippen molar-refractivity contribution >= 4 is 0 Å². The number of ether oxygens (including phenoxy) is 4. The molecule has 15 rings (SSSR count). The summed E-state index contributed by atoms with van der Waals surface area (Å²) < 4.78 is 24.9. The van der Waals surface area contributed by atoms with Gasteiger partial charge in [-0.1, -0.05) is 148 Å². The smallest absolute Gasteiger partial charge is 0.137 e. The molecule has 8 bridgehead atoms. The first kappa shape index (κ1) is 76.6. The van der Waals surface area contributed by atoms with Crippen molar-refractivity contribution in [1.82, 2.24) is 39.9 Å². The molecule has 0 saturated carbocycles. The Morgan fingerprint density at radius 3 is 1.23 bits per heavy atom. The zero-order valence-corrected chi connectivity index (χ0v) is 63.0. The van der Waals surface area contributed by atoms with E-state index < -0.39 is 0 Å². The van der Waals surface area contributed by atoms with E-state index in [9.17, 15) is 0 Å². The normalized spacial score (nSPS) is 13.1. The van der Waals surface area contributed by atoms with E-state index in [1.807, 2.05) is 164 Å². The van der Waals surface area contributed by atoms with Crippen LogP contribution in [0.1, 0.15) is 114 Å². The number of aryl methyl sites for hydroxylation is 1. The second-order valence-electron chi connectivity index (χ2n) is 25.3. The molecule has 102 heavy (non-hydrogen) atoms. The maximum atomic E-state index is 8.63. The Labute approximate surface area is 629 Å². The van der Waals surface area contributed by atoms with Crippen molar-refractivity contribution in [3.63, 3.8) is 0 Å². The monoisotopic (exact) mass is 1700 g/mol. The van der Waals surface area contributed by atoms with Crippen LogP contribution >= 0.6 is 0 Å². The van der Waals surface area contributed by atoms with E-state index in [1.54, 1.807) is 49.1 Å². The summed E-state index contributed by atoms with van der Waals surface area (Å²) in [6, 6.07) is 77.2. The summed E-state index contributed by atoms with van der Waals surface area (Å²) in [5.74, 6) is 3.31. The van der Waals surface area contributed by atoms with Crippen molar-refractivity contribution in [3.8, 4) is 96.6 Å². The van der Waals surface area contributed by atoms with Gasteiger partial charge >= 0.3 is 0 Å². The van der Waals surface area contributed by atoms with Crippen LogP contribution in [-0.2, 0) is 59.8 Å². The predicted octanol–water partition coefficient (Wildman–Crippen LogP) is 20.0. The van der Waals surface area contributed by atoms with E-state index in [0.717, 1.165) is 206 Å². The minimum atomic E-state index is 0. The van der Waals surface area contributed by atoms with E-state index in [4.69, 9.17) is 39.0 Å². The van der Waals surface area contributed by atoms with Crippen LogP contribution in [0.25, 0.3) is 67.8 Å². The van der Waals surface area contributed by atoms with Gasteiger partial charge in [-0.05, 0) is 165 Å². The average Bonchev–Trinajstić information content (AvgIpc) is 0.802. The number of benzene rings is 4. The number of fused-ring (bicyclic) bond motifs is 2. The van der Waals surface area contributed by atoms with E-state index >= 15 is 0 Å². The average molecular weight is 1700 g/mol. The summed E-state index contributed by atoms with van der Waals surface area (Å²) in [6.45, 7) is 4.93. The van der Waals surface area contributed by atoms with Crippen LogP contribution in [0.5, 0.6) is 28.7 Å². The van der Waals surface area contributed by atoms with Gasteiger partial charge in [-0.25, -0.2) is 4.98 Å². The minimum absolute atomic E-state index is 0. The van der Waals surface area contributed by atoms with Gasteiger partial charge in [0.15, 0.2) is 0 Å². The fourth-order valence-corrected chi connectivity index (χ4v) is 12.0. The number of rotatable bonds is 12. The zero-order chi connectivity index (χ0) is 68.5. The topological polar surface area (TPSA) is 160 Å². The molecular weight excluding hydrogens is 1620 g/mol. The quantitative estimate of drug-likeness (QED) is 0.115. The summed E-state index contributed by atoms with van der Waals surface area (Å²) >= 11 is 0. The molecule has 11 heterocycles. The number of hydrogen-bond donors (Lipinski definition) is 1. The van der Waals surface area contributed by atoms with Crippen molar-refractivity contribution in [1.29, 1.82) is 0 Å². The van der Waals surface area contributed by atoms with Crippen molar-refractivity contribution in [2.75, 3.05) is 26.4 Å². The Bertz CT molecular complexity index is 4070. The largest absolute Gasteiger partial charge is 0.528 e. The van der Waals surface area contributed by atoms with Gasteiger partial charge < -0.3 is 34.0 Å². The second kappa shape index (κ2) is 42.0. The predicted molar refractivity (Wildman–Crippen MR) is 398 cm³/mol. The van der Waals surface area contributed by atoms with Crippen molar-refractivity contribution in [2.45, 2.75) is 116 Å². The molecule has 3 aliphatic heterocycles. The van der Waals surface area contributed by atoms with Crippen LogP contribution in [0, 0.1) is 23.6 Å². The zero-order valence-electron chi connectivity index (χ0n) is 57.9. The number of phenolic OH excluding ortho intramolecular Hbond substituents is 1. The van der Waals surface area contributed by atoms with Gasteiger partial charge in [-0.15, -0.1) is 77.9 Å². The van der Waals surface area contributed by atoms with E-state index in [0.29, 0.717) is 32.2 Å². The summed E-state index contributed by atoms with van der Waals surface area (Å²) in [7, 11) is 0. The molecule has 3 aliphatic rings. The fraction of sp³-hybridized carbons (Fsp3) is 0.264. The molecule has 0 unspecified atom stereocenters. The summed E-state index contributed by atoms with van der Waals surface area (Å²) in [5, 5.41) is 8.63. The first-order valence-electron chi connectivity index (χ1n) is 35.2. The Morgan fingerprint density at radius 1 is 0.392 bits per heavy atom. The van der Waals surface area contributed by atoms with Gasteiger partial charge in [0.05, 0.1) is 73.1 Å². The number of phenols is 1. The SMILES string of the molecule is CC(CCCc1ccccn1)(Cc1ccc(-c2[c-]cccc2)nc1)Cc1ccc(-c2[c-]cccc2)nc1.Oc1ccccc1.[Ir].[Re].[c-]1c(-c2ccccn2)c2cc(c1-c1ccccn1)OCCCCCCCCOc1ccc(nc1)-c1cccc(n1)-c1ccc(cn1)OCCCCCCCCO2. The maximum Gasteiger partial charge on any atom is 0.137 e. The first-order valence-corrected chi connectivity index (χ1v) is 35.2.